The summed E-state index contributed by atoms with van der Waals surface area (Å²) in [6, 6.07) is 7.36. The fourth-order valence-corrected chi connectivity index (χ4v) is 7.92. The highest BCUT2D eigenvalue weighted by Crippen LogP contribution is 2.67. The van der Waals surface area contributed by atoms with E-state index in [1.807, 2.05) is 24.3 Å². The maximum atomic E-state index is 12.6. The molecule has 0 aliphatic heterocycles. The first-order valence-corrected chi connectivity index (χ1v) is 11.2. The van der Waals surface area contributed by atoms with E-state index in [1.54, 1.807) is 7.11 Å². The SMILES string of the molecule is COC(=O)C(C(=O)OC)=S(C[C@]12CC[C@H](C[C@H]1O)C2(C)C)c1ccc(OC)cc1. The topological polar surface area (TPSA) is 82.1 Å². The second-order valence-electron chi connectivity index (χ2n) is 8.39. The van der Waals surface area contributed by atoms with Gasteiger partial charge in [-0.05, 0) is 54.9 Å². The average molecular weight is 423 g/mol. The average Bonchev–Trinajstić information content (AvgIpc) is 3.07. The Hall–Kier alpha value is -1.86. The van der Waals surface area contributed by atoms with Crippen molar-refractivity contribution in [3.8, 4) is 5.75 Å². The van der Waals surface area contributed by atoms with E-state index < -0.39 is 28.5 Å². The molecule has 0 amide bonds. The van der Waals surface area contributed by atoms with E-state index >= 15 is 0 Å². The van der Waals surface area contributed by atoms with Crippen molar-refractivity contribution in [2.75, 3.05) is 27.1 Å². The highest BCUT2D eigenvalue weighted by atomic mass is 32.2. The van der Waals surface area contributed by atoms with Crippen LogP contribution in [0.5, 0.6) is 5.75 Å². The molecule has 0 aromatic heterocycles. The molecule has 2 fully saturated rings. The van der Waals surface area contributed by atoms with Gasteiger partial charge in [-0.3, -0.25) is 0 Å². The molecule has 0 heterocycles. The zero-order chi connectivity index (χ0) is 21.4. The van der Waals surface area contributed by atoms with Crippen LogP contribution in [0.2, 0.25) is 0 Å². The molecule has 1 unspecified atom stereocenters. The Balaban J connectivity index is 2.18. The molecule has 0 saturated heterocycles. The lowest BCUT2D eigenvalue weighted by atomic mass is 9.70. The number of ether oxygens (including phenoxy) is 3. The predicted octanol–water partition coefficient (Wildman–Crippen LogP) is 3.03. The summed E-state index contributed by atoms with van der Waals surface area (Å²) in [7, 11) is 3.20. The number of rotatable bonds is 6. The van der Waals surface area contributed by atoms with Crippen LogP contribution in [0.4, 0.5) is 0 Å². The summed E-state index contributed by atoms with van der Waals surface area (Å²) in [5.74, 6) is 0.261. The fourth-order valence-electron chi connectivity index (χ4n) is 5.12. The molecule has 0 radical (unpaired) electrons. The van der Waals surface area contributed by atoms with Crippen molar-refractivity contribution in [2.45, 2.75) is 44.1 Å². The van der Waals surface area contributed by atoms with Gasteiger partial charge in [0.15, 0.2) is 4.86 Å². The van der Waals surface area contributed by atoms with E-state index in [4.69, 9.17) is 14.2 Å². The second-order valence-corrected chi connectivity index (χ2v) is 10.3. The number of hydrogen-bond acceptors (Lipinski definition) is 6. The standard InChI is InChI=1S/C22H30O6S/c1-21(2)14-10-11-22(21,17(23)12-14)13-29(16-8-6-15(26-3)7-9-16)18(19(24)27-4)20(25)28-5/h6-9,14,17,23H,10-13H2,1-5H3/t14-,17-,22-,29?/m1/s1. The van der Waals surface area contributed by atoms with Gasteiger partial charge in [0.1, 0.15) is 5.75 Å². The first-order valence-electron chi connectivity index (χ1n) is 9.78. The molecule has 1 N–H and O–H groups in total. The first-order chi connectivity index (χ1) is 13.7. The molecule has 29 heavy (non-hydrogen) atoms. The van der Waals surface area contributed by atoms with Gasteiger partial charge in [0, 0.05) is 16.1 Å². The number of carbonyl (C=O) groups excluding carboxylic acids is 2. The lowest BCUT2D eigenvalue weighted by Crippen LogP contribution is -2.42. The third-order valence-electron chi connectivity index (χ3n) is 7.12. The van der Waals surface area contributed by atoms with Crippen molar-refractivity contribution in [3.05, 3.63) is 24.3 Å². The lowest BCUT2D eigenvalue weighted by Gasteiger charge is -2.42. The number of methoxy groups -OCH3 is 3. The van der Waals surface area contributed by atoms with Crippen LogP contribution in [-0.2, 0) is 19.1 Å². The summed E-state index contributed by atoms with van der Waals surface area (Å²) in [6.45, 7) is 4.40. The Morgan fingerprint density at radius 1 is 1.10 bits per heavy atom. The molecular weight excluding hydrogens is 392 g/mol. The summed E-state index contributed by atoms with van der Waals surface area (Å²) in [5.41, 5.74) is -0.449. The predicted molar refractivity (Wildman–Crippen MR) is 112 cm³/mol. The molecule has 4 atom stereocenters. The zero-order valence-electron chi connectivity index (χ0n) is 17.7. The first kappa shape index (κ1) is 21.8. The molecule has 0 spiro atoms. The minimum absolute atomic E-state index is 0.00658. The second kappa shape index (κ2) is 8.11. The van der Waals surface area contributed by atoms with Gasteiger partial charge in [-0.1, -0.05) is 13.8 Å². The molecule has 3 rings (SSSR count). The Bertz CT molecular complexity index is 810. The van der Waals surface area contributed by atoms with Gasteiger partial charge in [0.05, 0.1) is 27.4 Å². The molecule has 1 aromatic rings. The van der Waals surface area contributed by atoms with Gasteiger partial charge in [0.2, 0.25) is 0 Å². The Kier molecular flexibility index (Phi) is 6.11. The monoisotopic (exact) mass is 422 g/mol. The molecule has 160 valence electrons. The normalized spacial score (nSPS) is 27.9. The Morgan fingerprint density at radius 3 is 2.10 bits per heavy atom. The zero-order valence-corrected chi connectivity index (χ0v) is 18.5. The molecule has 6 nitrogen and oxygen atoms in total. The van der Waals surface area contributed by atoms with Crippen molar-refractivity contribution < 1.29 is 28.9 Å². The van der Waals surface area contributed by atoms with Gasteiger partial charge in [-0.2, -0.15) is 0 Å². The van der Waals surface area contributed by atoms with Crippen LogP contribution in [0.15, 0.2) is 29.2 Å². The lowest BCUT2D eigenvalue weighted by molar-refractivity contribution is -0.137. The molecule has 7 heteroatoms. The van der Waals surface area contributed by atoms with Crippen molar-refractivity contribution in [1.82, 2.24) is 0 Å². The van der Waals surface area contributed by atoms with Crippen LogP contribution in [-0.4, -0.2) is 55.1 Å². The number of aliphatic hydroxyl groups is 1. The van der Waals surface area contributed by atoms with Crippen LogP contribution in [0.1, 0.15) is 33.1 Å². The van der Waals surface area contributed by atoms with Gasteiger partial charge >= 0.3 is 11.9 Å². The van der Waals surface area contributed by atoms with Crippen molar-refractivity contribution in [1.29, 1.82) is 0 Å². The van der Waals surface area contributed by atoms with Crippen molar-refractivity contribution in [3.63, 3.8) is 0 Å². The van der Waals surface area contributed by atoms with E-state index in [9.17, 15) is 14.7 Å². The number of aliphatic hydroxyl groups excluding tert-OH is 1. The number of hydrogen-bond donors (Lipinski definition) is 1. The summed E-state index contributed by atoms with van der Waals surface area (Å²) in [4.78, 5) is 26.1. The van der Waals surface area contributed by atoms with Crippen molar-refractivity contribution >= 4 is 27.3 Å². The minimum atomic E-state index is -0.913. The van der Waals surface area contributed by atoms with Crippen LogP contribution < -0.4 is 4.74 Å². The molecule has 1 aromatic carbocycles. The highest BCUT2D eigenvalue weighted by Gasteiger charge is 2.63. The minimum Gasteiger partial charge on any atom is -0.497 e. The van der Waals surface area contributed by atoms with E-state index in [1.165, 1.54) is 14.2 Å². The van der Waals surface area contributed by atoms with Crippen LogP contribution >= 0.6 is 10.5 Å². The Morgan fingerprint density at radius 2 is 1.69 bits per heavy atom. The quantitative estimate of drug-likeness (QED) is 0.431. The highest BCUT2D eigenvalue weighted by molar-refractivity contribution is 8.18. The third kappa shape index (κ3) is 3.48. The summed E-state index contributed by atoms with van der Waals surface area (Å²) in [5, 5.41) is 11.0. The number of esters is 2. The number of fused-ring (bicyclic) bond motifs is 2. The van der Waals surface area contributed by atoms with Gasteiger partial charge < -0.3 is 19.3 Å². The number of carbonyl (C=O) groups is 2. The largest absolute Gasteiger partial charge is 0.497 e. The molecule has 2 bridgehead atoms. The maximum absolute atomic E-state index is 12.6. The van der Waals surface area contributed by atoms with E-state index in [0.29, 0.717) is 17.4 Å². The molecular formula is C22H30O6S. The maximum Gasteiger partial charge on any atom is 0.351 e. The van der Waals surface area contributed by atoms with E-state index in [-0.39, 0.29) is 15.7 Å². The van der Waals surface area contributed by atoms with Crippen molar-refractivity contribution in [2.24, 2.45) is 16.7 Å². The third-order valence-corrected chi connectivity index (χ3v) is 9.59. The van der Waals surface area contributed by atoms with Crippen LogP contribution in [0.3, 0.4) is 0 Å². The molecule has 2 aliphatic rings. The molecule has 2 aliphatic carbocycles. The smallest absolute Gasteiger partial charge is 0.351 e. The van der Waals surface area contributed by atoms with Gasteiger partial charge in [-0.15, -0.1) is 10.5 Å². The number of benzene rings is 1. The van der Waals surface area contributed by atoms with E-state index in [2.05, 4.69) is 13.8 Å². The Labute approximate surface area is 174 Å². The van der Waals surface area contributed by atoms with Gasteiger partial charge in [0.25, 0.3) is 0 Å². The van der Waals surface area contributed by atoms with E-state index in [0.717, 1.165) is 24.2 Å². The van der Waals surface area contributed by atoms with Crippen LogP contribution in [0, 0.1) is 16.7 Å². The fraction of sp³-hybridized carbons (Fsp3) is 0.591. The van der Waals surface area contributed by atoms with Gasteiger partial charge in [-0.25, -0.2) is 9.59 Å². The summed E-state index contributed by atoms with van der Waals surface area (Å²) >= 11 is 0. The summed E-state index contributed by atoms with van der Waals surface area (Å²) < 4.78 is 15.1. The van der Waals surface area contributed by atoms with Crippen LogP contribution in [0.25, 0.3) is 0 Å². The summed E-state index contributed by atoms with van der Waals surface area (Å²) in [6.07, 6.45) is 2.23. The molecule has 2 saturated carbocycles.